The lowest BCUT2D eigenvalue weighted by atomic mass is 10.2. The number of hydrogen-bond donors (Lipinski definition) is 0. The maximum Gasteiger partial charge on any atom is 0.232 e. The van der Waals surface area contributed by atoms with E-state index >= 15 is 0 Å². The summed E-state index contributed by atoms with van der Waals surface area (Å²) in [5, 5.41) is 8.65. The van der Waals surface area contributed by atoms with Crippen LogP contribution in [0.2, 0.25) is 0 Å². The van der Waals surface area contributed by atoms with E-state index in [9.17, 15) is 0 Å². The van der Waals surface area contributed by atoms with Crippen molar-refractivity contribution in [2.24, 2.45) is 0 Å². The largest absolute Gasteiger partial charge is 0.232 e. The van der Waals surface area contributed by atoms with Crippen LogP contribution in [0.5, 0.6) is 0 Å². The third kappa shape index (κ3) is 2.52. The number of nitriles is 1. The number of nitrogens with zero attached hydrogens (tertiary/aromatic N) is 3. The van der Waals surface area contributed by atoms with Gasteiger partial charge in [0, 0.05) is 6.20 Å². The summed E-state index contributed by atoms with van der Waals surface area (Å²) in [6, 6.07) is 13.6. The second-order valence-corrected chi connectivity index (χ2v) is 3.16. The fourth-order valence-electron chi connectivity index (χ4n) is 1.27. The Bertz CT molecular complexity index is 539. The van der Waals surface area contributed by atoms with E-state index in [4.69, 9.17) is 5.26 Å². The van der Waals surface area contributed by atoms with Gasteiger partial charge in [-0.05, 0) is 17.7 Å². The molecule has 0 aliphatic heterocycles. The van der Waals surface area contributed by atoms with Crippen LogP contribution in [0.4, 0.5) is 0 Å². The Morgan fingerprint density at radius 1 is 1.06 bits per heavy atom. The standard InChI is InChI=1S/C13H9N3/c14-10-13-15-9-8-12(16-13)7-6-11-4-2-1-3-5-11/h1-9H/b7-6+. The van der Waals surface area contributed by atoms with Gasteiger partial charge in [0.1, 0.15) is 6.07 Å². The van der Waals surface area contributed by atoms with Crippen LogP contribution >= 0.6 is 0 Å². The fraction of sp³-hybridized carbons (Fsp3) is 0. The van der Waals surface area contributed by atoms with Crippen LogP contribution in [-0.2, 0) is 0 Å². The van der Waals surface area contributed by atoms with Gasteiger partial charge < -0.3 is 0 Å². The molecule has 3 heteroatoms. The minimum atomic E-state index is 0.190. The van der Waals surface area contributed by atoms with E-state index in [1.807, 2.05) is 48.6 Å². The van der Waals surface area contributed by atoms with Crippen LogP contribution in [0, 0.1) is 11.3 Å². The quantitative estimate of drug-likeness (QED) is 0.760. The van der Waals surface area contributed by atoms with Gasteiger partial charge >= 0.3 is 0 Å². The van der Waals surface area contributed by atoms with E-state index < -0.39 is 0 Å². The molecule has 0 spiro atoms. The van der Waals surface area contributed by atoms with Gasteiger partial charge in [-0.25, -0.2) is 9.97 Å². The highest BCUT2D eigenvalue weighted by Gasteiger charge is 1.93. The van der Waals surface area contributed by atoms with E-state index in [-0.39, 0.29) is 5.82 Å². The Morgan fingerprint density at radius 3 is 2.62 bits per heavy atom. The minimum Gasteiger partial charge on any atom is -0.227 e. The molecule has 1 aromatic heterocycles. The van der Waals surface area contributed by atoms with Crippen molar-refractivity contribution in [1.29, 1.82) is 5.26 Å². The Balaban J connectivity index is 2.21. The maximum atomic E-state index is 8.65. The molecular weight excluding hydrogens is 198 g/mol. The number of hydrogen-bond acceptors (Lipinski definition) is 3. The molecule has 0 atom stereocenters. The molecule has 2 aromatic rings. The first-order chi connectivity index (χ1) is 7.88. The van der Waals surface area contributed by atoms with Crippen LogP contribution < -0.4 is 0 Å². The highest BCUT2D eigenvalue weighted by atomic mass is 14.9. The molecule has 1 heterocycles. The van der Waals surface area contributed by atoms with E-state index in [0.29, 0.717) is 0 Å². The summed E-state index contributed by atoms with van der Waals surface area (Å²) < 4.78 is 0. The number of benzene rings is 1. The number of rotatable bonds is 2. The summed E-state index contributed by atoms with van der Waals surface area (Å²) in [7, 11) is 0. The lowest BCUT2D eigenvalue weighted by Gasteiger charge is -1.93. The van der Waals surface area contributed by atoms with Crippen molar-refractivity contribution in [3.05, 3.63) is 59.7 Å². The molecule has 0 saturated carbocycles. The van der Waals surface area contributed by atoms with Gasteiger partial charge in [0.2, 0.25) is 5.82 Å². The number of aromatic nitrogens is 2. The Kier molecular flexibility index (Phi) is 3.05. The lowest BCUT2D eigenvalue weighted by molar-refractivity contribution is 1.10. The highest BCUT2D eigenvalue weighted by Crippen LogP contribution is 2.05. The molecule has 76 valence electrons. The van der Waals surface area contributed by atoms with Crippen molar-refractivity contribution in [2.75, 3.05) is 0 Å². The molecule has 0 radical (unpaired) electrons. The smallest absolute Gasteiger partial charge is 0.227 e. The van der Waals surface area contributed by atoms with E-state index in [2.05, 4.69) is 9.97 Å². The molecule has 0 N–H and O–H groups in total. The van der Waals surface area contributed by atoms with Crippen molar-refractivity contribution < 1.29 is 0 Å². The molecule has 0 amide bonds. The summed E-state index contributed by atoms with van der Waals surface area (Å²) in [5.74, 6) is 0.190. The maximum absolute atomic E-state index is 8.65. The highest BCUT2D eigenvalue weighted by molar-refractivity contribution is 5.67. The van der Waals surface area contributed by atoms with Gasteiger partial charge in [-0.3, -0.25) is 0 Å². The topological polar surface area (TPSA) is 49.6 Å². The van der Waals surface area contributed by atoms with Crippen molar-refractivity contribution in [1.82, 2.24) is 9.97 Å². The SMILES string of the molecule is N#Cc1nccc(/C=C/c2ccccc2)n1. The summed E-state index contributed by atoms with van der Waals surface area (Å²) in [5.41, 5.74) is 1.83. The van der Waals surface area contributed by atoms with Crippen LogP contribution in [-0.4, -0.2) is 9.97 Å². The van der Waals surface area contributed by atoms with Crippen molar-refractivity contribution >= 4 is 12.2 Å². The second-order valence-electron chi connectivity index (χ2n) is 3.16. The Labute approximate surface area is 93.7 Å². The molecule has 0 saturated heterocycles. The van der Waals surface area contributed by atoms with E-state index in [1.165, 1.54) is 0 Å². The van der Waals surface area contributed by atoms with Crippen LogP contribution in [0.3, 0.4) is 0 Å². The van der Waals surface area contributed by atoms with Gasteiger partial charge in [0.05, 0.1) is 5.69 Å². The summed E-state index contributed by atoms with van der Waals surface area (Å²) in [6.45, 7) is 0. The summed E-state index contributed by atoms with van der Waals surface area (Å²) in [4.78, 5) is 7.85. The van der Waals surface area contributed by atoms with Gasteiger partial charge in [0.25, 0.3) is 0 Å². The molecule has 0 unspecified atom stereocenters. The van der Waals surface area contributed by atoms with Crippen LogP contribution in [0.15, 0.2) is 42.6 Å². The molecule has 0 aliphatic rings. The molecule has 0 fully saturated rings. The second kappa shape index (κ2) is 4.85. The lowest BCUT2D eigenvalue weighted by Crippen LogP contribution is -1.89. The normalized spacial score (nSPS) is 10.2. The molecule has 0 bridgehead atoms. The molecule has 3 nitrogen and oxygen atoms in total. The minimum absolute atomic E-state index is 0.190. The molecule has 1 aromatic carbocycles. The zero-order chi connectivity index (χ0) is 11.2. The zero-order valence-electron chi connectivity index (χ0n) is 8.54. The third-order valence-electron chi connectivity index (χ3n) is 2.02. The first kappa shape index (κ1) is 10.1. The zero-order valence-corrected chi connectivity index (χ0v) is 8.54. The van der Waals surface area contributed by atoms with Crippen molar-refractivity contribution in [3.63, 3.8) is 0 Å². The fourth-order valence-corrected chi connectivity index (χ4v) is 1.27. The van der Waals surface area contributed by atoms with Crippen LogP contribution in [0.1, 0.15) is 17.1 Å². The van der Waals surface area contributed by atoms with Crippen LogP contribution in [0.25, 0.3) is 12.2 Å². The first-order valence-electron chi connectivity index (χ1n) is 4.85. The van der Waals surface area contributed by atoms with Gasteiger partial charge in [0.15, 0.2) is 0 Å². The first-order valence-corrected chi connectivity index (χ1v) is 4.85. The predicted octanol–water partition coefficient (Wildman–Crippen LogP) is 2.52. The Hall–Kier alpha value is -2.47. The summed E-state index contributed by atoms with van der Waals surface area (Å²) >= 11 is 0. The monoisotopic (exact) mass is 207 g/mol. The average molecular weight is 207 g/mol. The molecule has 16 heavy (non-hydrogen) atoms. The van der Waals surface area contributed by atoms with Crippen molar-refractivity contribution in [3.8, 4) is 6.07 Å². The molecule has 0 aliphatic carbocycles. The average Bonchev–Trinajstić information content (AvgIpc) is 2.38. The summed E-state index contributed by atoms with van der Waals surface area (Å²) in [6.07, 6.45) is 5.39. The van der Waals surface area contributed by atoms with E-state index in [1.54, 1.807) is 12.3 Å². The molecule has 2 rings (SSSR count). The van der Waals surface area contributed by atoms with Gasteiger partial charge in [-0.15, -0.1) is 0 Å². The van der Waals surface area contributed by atoms with Crippen molar-refractivity contribution in [2.45, 2.75) is 0 Å². The van der Waals surface area contributed by atoms with E-state index in [0.717, 1.165) is 11.3 Å². The third-order valence-corrected chi connectivity index (χ3v) is 2.02. The molecular formula is C13H9N3. The Morgan fingerprint density at radius 2 is 1.88 bits per heavy atom. The van der Waals surface area contributed by atoms with Gasteiger partial charge in [-0.1, -0.05) is 36.4 Å². The predicted molar refractivity (Wildman–Crippen MR) is 62.1 cm³/mol. The van der Waals surface area contributed by atoms with Gasteiger partial charge in [-0.2, -0.15) is 5.26 Å².